The highest BCUT2D eigenvalue weighted by molar-refractivity contribution is 7.86. The third-order valence-corrected chi connectivity index (χ3v) is 5.04. The van der Waals surface area contributed by atoms with Crippen molar-refractivity contribution >= 4 is 16.8 Å². The van der Waals surface area contributed by atoms with Gasteiger partial charge in [0.1, 0.15) is 0 Å². The number of nitrogens with zero attached hydrogens (tertiary/aromatic N) is 1. The average Bonchev–Trinajstić information content (AvgIpc) is 2.75. The van der Waals surface area contributed by atoms with Crippen LogP contribution in [-0.2, 0) is 10.8 Å². The minimum Gasteiger partial charge on any atom is -0.394 e. The van der Waals surface area contributed by atoms with Crippen molar-refractivity contribution in [3.63, 3.8) is 0 Å². The first-order valence-corrected chi connectivity index (χ1v) is 7.72. The van der Waals surface area contributed by atoms with Crippen molar-refractivity contribution < 1.29 is 14.1 Å². The lowest BCUT2D eigenvalue weighted by Gasteiger charge is -2.24. The van der Waals surface area contributed by atoms with Gasteiger partial charge in [-0.15, -0.1) is 0 Å². The number of aliphatic hydroxyl groups is 1. The van der Waals surface area contributed by atoms with Crippen LogP contribution in [0.15, 0.2) is 0 Å². The lowest BCUT2D eigenvalue weighted by Crippen LogP contribution is -2.45. The number of hydrogen-bond acceptors (Lipinski definition) is 3. The minimum atomic E-state index is -0.948. The first kappa shape index (κ1) is 15.4. The number of nitrogens with one attached hydrogen (secondary N) is 1. The number of carbonyl (C=O) groups is 1. The molecule has 0 saturated carbocycles. The van der Waals surface area contributed by atoms with Crippen molar-refractivity contribution in [3.05, 3.63) is 0 Å². The van der Waals surface area contributed by atoms with Crippen molar-refractivity contribution in [2.45, 2.75) is 44.4 Å². The Balaban J connectivity index is 2.31. The monoisotopic (exact) mass is 276 g/mol. The molecular weight excluding hydrogens is 252 g/mol. The van der Waals surface area contributed by atoms with Crippen LogP contribution in [-0.4, -0.2) is 56.5 Å². The quantitative estimate of drug-likeness (QED) is 0.794. The van der Waals surface area contributed by atoms with Gasteiger partial charge in [-0.1, -0.05) is 0 Å². The Labute approximate surface area is 111 Å². The average molecular weight is 276 g/mol. The summed E-state index contributed by atoms with van der Waals surface area (Å²) in [7, 11) is -0.948. The van der Waals surface area contributed by atoms with Crippen LogP contribution >= 0.6 is 0 Å². The first-order valence-electron chi connectivity index (χ1n) is 6.40. The molecule has 0 spiro atoms. The van der Waals surface area contributed by atoms with E-state index in [9.17, 15) is 9.00 Å². The summed E-state index contributed by atoms with van der Waals surface area (Å²) in [5.74, 6) is 0.465. The summed E-state index contributed by atoms with van der Waals surface area (Å²) < 4.78 is 11.6. The molecule has 0 aliphatic carbocycles. The number of likely N-dealkylation sites (tertiary alicyclic amines) is 1. The van der Waals surface area contributed by atoms with Crippen LogP contribution in [0.25, 0.3) is 0 Å². The van der Waals surface area contributed by atoms with Gasteiger partial charge in [-0.3, -0.25) is 4.21 Å². The van der Waals surface area contributed by atoms with Gasteiger partial charge in [-0.05, 0) is 33.6 Å². The molecule has 1 saturated heterocycles. The molecule has 1 aliphatic rings. The lowest BCUT2D eigenvalue weighted by molar-refractivity contribution is 0.157. The summed E-state index contributed by atoms with van der Waals surface area (Å²) >= 11 is 0. The second-order valence-electron chi connectivity index (χ2n) is 5.57. The maximum Gasteiger partial charge on any atom is 0.317 e. The van der Waals surface area contributed by atoms with E-state index in [4.69, 9.17) is 5.11 Å². The van der Waals surface area contributed by atoms with Gasteiger partial charge >= 0.3 is 6.03 Å². The van der Waals surface area contributed by atoms with E-state index in [1.807, 2.05) is 20.8 Å². The van der Waals surface area contributed by atoms with Gasteiger partial charge in [0, 0.05) is 34.4 Å². The number of urea groups is 1. The molecule has 5 nitrogen and oxygen atoms in total. The number of amides is 2. The SMILES string of the molecule is CC(C)(C)S(=O)CCNC(=O)N1CCC[C@@H]1CO. The lowest BCUT2D eigenvalue weighted by atomic mass is 10.2. The molecule has 0 aromatic rings. The van der Waals surface area contributed by atoms with E-state index in [1.54, 1.807) is 4.90 Å². The van der Waals surface area contributed by atoms with E-state index in [0.717, 1.165) is 12.8 Å². The number of rotatable bonds is 4. The minimum absolute atomic E-state index is 0.0152. The van der Waals surface area contributed by atoms with Crippen LogP contribution in [0.5, 0.6) is 0 Å². The summed E-state index contributed by atoms with van der Waals surface area (Å²) in [6.07, 6.45) is 1.80. The zero-order chi connectivity index (χ0) is 13.8. The zero-order valence-corrected chi connectivity index (χ0v) is 12.3. The number of carbonyl (C=O) groups excluding carboxylic acids is 1. The summed E-state index contributed by atoms with van der Waals surface area (Å²) in [5, 5.41) is 11.9. The van der Waals surface area contributed by atoms with Crippen molar-refractivity contribution in [1.82, 2.24) is 10.2 Å². The topological polar surface area (TPSA) is 69.6 Å². The van der Waals surface area contributed by atoms with Crippen molar-refractivity contribution in [3.8, 4) is 0 Å². The highest BCUT2D eigenvalue weighted by Gasteiger charge is 2.28. The van der Waals surface area contributed by atoms with Crippen LogP contribution in [0.4, 0.5) is 4.79 Å². The smallest absolute Gasteiger partial charge is 0.317 e. The zero-order valence-electron chi connectivity index (χ0n) is 11.4. The largest absolute Gasteiger partial charge is 0.394 e. The van der Waals surface area contributed by atoms with Crippen LogP contribution in [0, 0.1) is 0 Å². The van der Waals surface area contributed by atoms with Gasteiger partial charge in [-0.25, -0.2) is 4.79 Å². The second-order valence-corrected chi connectivity index (χ2v) is 7.89. The molecule has 2 atom stereocenters. The van der Waals surface area contributed by atoms with Gasteiger partial charge in [0.25, 0.3) is 0 Å². The normalized spacial score (nSPS) is 22.0. The first-order chi connectivity index (χ1) is 8.36. The molecule has 0 aromatic carbocycles. The predicted molar refractivity (Wildman–Crippen MR) is 73.0 cm³/mol. The Morgan fingerprint density at radius 2 is 2.17 bits per heavy atom. The Hall–Kier alpha value is -0.620. The summed E-state index contributed by atoms with van der Waals surface area (Å²) in [6, 6.07) is -0.212. The molecule has 2 amide bonds. The highest BCUT2D eigenvalue weighted by Crippen LogP contribution is 2.16. The Morgan fingerprint density at radius 3 is 2.72 bits per heavy atom. The van der Waals surface area contributed by atoms with Gasteiger partial charge in [0.15, 0.2) is 0 Å². The molecule has 1 aliphatic heterocycles. The van der Waals surface area contributed by atoms with Crippen LogP contribution < -0.4 is 5.32 Å². The molecule has 6 heteroatoms. The van der Waals surface area contributed by atoms with E-state index >= 15 is 0 Å². The number of hydrogen-bond donors (Lipinski definition) is 2. The third-order valence-electron chi connectivity index (χ3n) is 3.10. The molecule has 2 N–H and O–H groups in total. The molecule has 0 radical (unpaired) electrons. The molecule has 1 rings (SSSR count). The van der Waals surface area contributed by atoms with E-state index in [0.29, 0.717) is 18.8 Å². The fourth-order valence-corrected chi connectivity index (χ4v) is 2.85. The van der Waals surface area contributed by atoms with Gasteiger partial charge in [-0.2, -0.15) is 0 Å². The van der Waals surface area contributed by atoms with E-state index in [-0.39, 0.29) is 23.4 Å². The van der Waals surface area contributed by atoms with Gasteiger partial charge in [0.05, 0.1) is 12.6 Å². The maximum absolute atomic E-state index is 11.9. The van der Waals surface area contributed by atoms with Gasteiger partial charge in [0.2, 0.25) is 0 Å². The third kappa shape index (κ3) is 4.24. The van der Waals surface area contributed by atoms with E-state index in [2.05, 4.69) is 5.32 Å². The molecule has 0 aromatic heterocycles. The molecular formula is C12H24N2O3S. The summed E-state index contributed by atoms with van der Waals surface area (Å²) in [6.45, 7) is 6.89. The fraction of sp³-hybridized carbons (Fsp3) is 0.917. The summed E-state index contributed by atoms with van der Waals surface area (Å²) in [4.78, 5) is 13.5. The van der Waals surface area contributed by atoms with E-state index in [1.165, 1.54) is 0 Å². The Morgan fingerprint density at radius 1 is 1.50 bits per heavy atom. The predicted octanol–water partition coefficient (Wildman–Crippen LogP) is 0.700. The van der Waals surface area contributed by atoms with Crippen molar-refractivity contribution in [1.29, 1.82) is 0 Å². The summed E-state index contributed by atoms with van der Waals surface area (Å²) in [5.41, 5.74) is 0. The van der Waals surface area contributed by atoms with Crippen LogP contribution in [0.2, 0.25) is 0 Å². The number of aliphatic hydroxyl groups excluding tert-OH is 1. The molecule has 1 unspecified atom stereocenters. The van der Waals surface area contributed by atoms with Gasteiger partial charge < -0.3 is 15.3 Å². The van der Waals surface area contributed by atoms with Crippen molar-refractivity contribution in [2.75, 3.05) is 25.4 Å². The Bertz CT molecular complexity index is 315. The molecule has 1 fully saturated rings. The molecule has 1 heterocycles. The van der Waals surface area contributed by atoms with E-state index < -0.39 is 10.8 Å². The highest BCUT2D eigenvalue weighted by atomic mass is 32.2. The van der Waals surface area contributed by atoms with Crippen LogP contribution in [0.3, 0.4) is 0 Å². The maximum atomic E-state index is 11.9. The Kier molecular flexibility index (Phi) is 5.59. The van der Waals surface area contributed by atoms with Crippen LogP contribution in [0.1, 0.15) is 33.6 Å². The molecule has 106 valence electrons. The molecule has 18 heavy (non-hydrogen) atoms. The molecule has 0 bridgehead atoms. The second kappa shape index (κ2) is 6.52. The standard InChI is InChI=1S/C12H24N2O3S/c1-12(2,3)18(17)8-6-13-11(16)14-7-4-5-10(14)9-15/h10,15H,4-9H2,1-3H3,(H,13,16)/t10-,18?/m1/s1. The van der Waals surface area contributed by atoms with Crippen molar-refractivity contribution in [2.24, 2.45) is 0 Å². The fourth-order valence-electron chi connectivity index (χ4n) is 1.95.